The van der Waals surface area contributed by atoms with Gasteiger partial charge in [-0.15, -0.1) is 0 Å². The summed E-state index contributed by atoms with van der Waals surface area (Å²) in [4.78, 5) is 24.0. The molecule has 130 valence electrons. The summed E-state index contributed by atoms with van der Waals surface area (Å²) < 4.78 is 16.0. The number of para-hydroxylation sites is 2. The molecule has 2 aromatic carbocycles. The van der Waals surface area contributed by atoms with Gasteiger partial charge in [0.1, 0.15) is 6.61 Å². The largest absolute Gasteiger partial charge is 0.485 e. The first-order valence-electron chi connectivity index (χ1n) is 7.95. The molecular weight excluding hydrogens is 322 g/mol. The lowest BCUT2D eigenvalue weighted by atomic mass is 10.1. The van der Waals surface area contributed by atoms with Gasteiger partial charge < -0.3 is 19.5 Å². The van der Waals surface area contributed by atoms with Crippen LogP contribution in [0, 0.1) is 13.8 Å². The van der Waals surface area contributed by atoms with Crippen molar-refractivity contribution in [1.29, 1.82) is 0 Å². The molecule has 0 saturated heterocycles. The Labute approximate surface area is 145 Å². The summed E-state index contributed by atoms with van der Waals surface area (Å²) in [6.07, 6.45) is -0.885. The average molecular weight is 341 g/mol. The first kappa shape index (κ1) is 16.8. The molecule has 0 radical (unpaired) electrons. The Morgan fingerprint density at radius 2 is 1.88 bits per heavy atom. The molecular formula is C19H19NO5. The third kappa shape index (κ3) is 4.09. The van der Waals surface area contributed by atoms with Crippen molar-refractivity contribution in [1.82, 2.24) is 0 Å². The fourth-order valence-electron chi connectivity index (χ4n) is 2.38. The van der Waals surface area contributed by atoms with Gasteiger partial charge in [0, 0.05) is 5.69 Å². The first-order valence-corrected chi connectivity index (χ1v) is 7.95. The second-order valence-electron chi connectivity index (χ2n) is 5.82. The van der Waals surface area contributed by atoms with E-state index in [0.717, 1.165) is 11.1 Å². The van der Waals surface area contributed by atoms with Crippen molar-refractivity contribution in [2.24, 2.45) is 0 Å². The van der Waals surface area contributed by atoms with Gasteiger partial charge in [0.25, 0.3) is 5.91 Å². The van der Waals surface area contributed by atoms with E-state index in [9.17, 15) is 9.59 Å². The standard InChI is InChI=1S/C19H19NO5/c1-12-7-8-14(9-13(12)2)20-18(21)11-24-19(22)17-10-23-15-5-3-4-6-16(15)25-17/h3-9,17H,10-11H2,1-2H3,(H,20,21)/t17-/m0/s1. The number of carbonyl (C=O) groups is 2. The number of aryl methyl sites for hydroxylation is 2. The van der Waals surface area contributed by atoms with Crippen LogP contribution in [-0.2, 0) is 14.3 Å². The zero-order valence-corrected chi connectivity index (χ0v) is 14.1. The highest BCUT2D eigenvalue weighted by atomic mass is 16.6. The molecule has 25 heavy (non-hydrogen) atoms. The second-order valence-corrected chi connectivity index (χ2v) is 5.82. The maximum atomic E-state index is 12.1. The summed E-state index contributed by atoms with van der Waals surface area (Å²) in [7, 11) is 0. The maximum absolute atomic E-state index is 12.1. The van der Waals surface area contributed by atoms with Gasteiger partial charge in [-0.1, -0.05) is 18.2 Å². The predicted molar refractivity (Wildman–Crippen MR) is 91.9 cm³/mol. The molecule has 0 saturated carbocycles. The molecule has 0 bridgehead atoms. The third-order valence-corrected chi connectivity index (χ3v) is 3.91. The van der Waals surface area contributed by atoms with Gasteiger partial charge in [0.05, 0.1) is 0 Å². The van der Waals surface area contributed by atoms with Crippen LogP contribution in [0.2, 0.25) is 0 Å². The summed E-state index contributed by atoms with van der Waals surface area (Å²) in [5.74, 6) is 0.0211. The number of nitrogens with one attached hydrogen (secondary N) is 1. The molecule has 1 amide bonds. The van der Waals surface area contributed by atoms with Gasteiger partial charge in [-0.25, -0.2) is 4.79 Å². The summed E-state index contributed by atoms with van der Waals surface area (Å²) in [6, 6.07) is 12.7. The zero-order chi connectivity index (χ0) is 17.8. The molecule has 2 aromatic rings. The van der Waals surface area contributed by atoms with Crippen LogP contribution in [0.25, 0.3) is 0 Å². The van der Waals surface area contributed by atoms with Crippen molar-refractivity contribution in [3.63, 3.8) is 0 Å². The summed E-state index contributed by atoms with van der Waals surface area (Å²) in [5.41, 5.74) is 2.87. The van der Waals surface area contributed by atoms with E-state index in [2.05, 4.69) is 5.32 Å². The molecule has 0 unspecified atom stereocenters. The number of anilines is 1. The van der Waals surface area contributed by atoms with Crippen LogP contribution in [0.1, 0.15) is 11.1 Å². The van der Waals surface area contributed by atoms with Crippen molar-refractivity contribution in [2.75, 3.05) is 18.5 Å². The molecule has 1 N–H and O–H groups in total. The Bertz CT molecular complexity index is 802. The molecule has 1 heterocycles. The Balaban J connectivity index is 1.50. The van der Waals surface area contributed by atoms with E-state index in [4.69, 9.17) is 14.2 Å². The minimum absolute atomic E-state index is 0.0502. The third-order valence-electron chi connectivity index (χ3n) is 3.91. The smallest absolute Gasteiger partial charge is 0.351 e. The van der Waals surface area contributed by atoms with Crippen molar-refractivity contribution in [3.05, 3.63) is 53.6 Å². The number of rotatable bonds is 4. The quantitative estimate of drug-likeness (QED) is 0.866. The van der Waals surface area contributed by atoms with Crippen molar-refractivity contribution in [3.8, 4) is 11.5 Å². The number of hydrogen-bond donors (Lipinski definition) is 1. The summed E-state index contributed by atoms with van der Waals surface area (Å²) in [5, 5.41) is 2.70. The van der Waals surface area contributed by atoms with Gasteiger partial charge in [-0.2, -0.15) is 0 Å². The molecule has 0 spiro atoms. The number of ether oxygens (including phenoxy) is 3. The Hall–Kier alpha value is -3.02. The lowest BCUT2D eigenvalue weighted by Crippen LogP contribution is -2.39. The first-order chi connectivity index (χ1) is 12.0. The van der Waals surface area contributed by atoms with Gasteiger partial charge >= 0.3 is 5.97 Å². The Kier molecular flexibility index (Phi) is 4.88. The van der Waals surface area contributed by atoms with Crippen LogP contribution in [-0.4, -0.2) is 31.2 Å². The van der Waals surface area contributed by atoms with E-state index < -0.39 is 18.0 Å². The Morgan fingerprint density at radius 3 is 2.64 bits per heavy atom. The highest BCUT2D eigenvalue weighted by Crippen LogP contribution is 2.31. The molecule has 6 nitrogen and oxygen atoms in total. The lowest BCUT2D eigenvalue weighted by molar-refractivity contribution is -0.156. The van der Waals surface area contributed by atoms with E-state index >= 15 is 0 Å². The second kappa shape index (κ2) is 7.25. The molecule has 0 fully saturated rings. The molecule has 0 aliphatic carbocycles. The highest BCUT2D eigenvalue weighted by molar-refractivity contribution is 5.93. The normalized spacial score (nSPS) is 15.4. The van der Waals surface area contributed by atoms with Crippen LogP contribution in [0.15, 0.2) is 42.5 Å². The number of carbonyl (C=O) groups excluding carboxylic acids is 2. The van der Waals surface area contributed by atoms with Crippen LogP contribution in [0.3, 0.4) is 0 Å². The van der Waals surface area contributed by atoms with Crippen molar-refractivity contribution < 1.29 is 23.8 Å². The van der Waals surface area contributed by atoms with E-state index in [1.54, 1.807) is 24.3 Å². The number of amides is 1. The predicted octanol–water partition coefficient (Wildman–Crippen LogP) is 2.63. The monoisotopic (exact) mass is 341 g/mol. The van der Waals surface area contributed by atoms with E-state index in [-0.39, 0.29) is 13.2 Å². The maximum Gasteiger partial charge on any atom is 0.351 e. The molecule has 1 aliphatic heterocycles. The molecule has 0 aromatic heterocycles. The van der Waals surface area contributed by atoms with E-state index in [0.29, 0.717) is 17.2 Å². The summed E-state index contributed by atoms with van der Waals surface area (Å²) >= 11 is 0. The number of esters is 1. The fourth-order valence-corrected chi connectivity index (χ4v) is 2.38. The van der Waals surface area contributed by atoms with Gasteiger partial charge in [-0.3, -0.25) is 4.79 Å². The van der Waals surface area contributed by atoms with Crippen LogP contribution in [0.5, 0.6) is 11.5 Å². The van der Waals surface area contributed by atoms with Gasteiger partial charge in [0.15, 0.2) is 18.1 Å². The van der Waals surface area contributed by atoms with Crippen LogP contribution in [0.4, 0.5) is 5.69 Å². The topological polar surface area (TPSA) is 73.9 Å². The van der Waals surface area contributed by atoms with Crippen LogP contribution >= 0.6 is 0 Å². The number of benzene rings is 2. The zero-order valence-electron chi connectivity index (χ0n) is 14.1. The molecule has 1 atom stereocenters. The highest BCUT2D eigenvalue weighted by Gasteiger charge is 2.29. The molecule has 1 aliphatic rings. The van der Waals surface area contributed by atoms with E-state index in [1.165, 1.54) is 0 Å². The van der Waals surface area contributed by atoms with E-state index in [1.807, 2.05) is 32.0 Å². The molecule has 6 heteroatoms. The van der Waals surface area contributed by atoms with Gasteiger partial charge in [0.2, 0.25) is 6.10 Å². The lowest BCUT2D eigenvalue weighted by Gasteiger charge is -2.24. The van der Waals surface area contributed by atoms with Crippen LogP contribution < -0.4 is 14.8 Å². The Morgan fingerprint density at radius 1 is 1.12 bits per heavy atom. The average Bonchev–Trinajstić information content (AvgIpc) is 2.62. The van der Waals surface area contributed by atoms with Crippen molar-refractivity contribution >= 4 is 17.6 Å². The minimum Gasteiger partial charge on any atom is -0.485 e. The molecule has 3 rings (SSSR count). The number of fused-ring (bicyclic) bond motifs is 1. The SMILES string of the molecule is Cc1ccc(NC(=O)COC(=O)[C@@H]2COc3ccccc3O2)cc1C. The van der Waals surface area contributed by atoms with Gasteiger partial charge in [-0.05, 0) is 49.2 Å². The fraction of sp³-hybridized carbons (Fsp3) is 0.263. The summed E-state index contributed by atoms with van der Waals surface area (Å²) in [6.45, 7) is 3.62. The van der Waals surface area contributed by atoms with Crippen molar-refractivity contribution in [2.45, 2.75) is 20.0 Å². The number of hydrogen-bond acceptors (Lipinski definition) is 5. The minimum atomic E-state index is -0.885.